The van der Waals surface area contributed by atoms with E-state index >= 15 is 0 Å². The second kappa shape index (κ2) is 4.98. The quantitative estimate of drug-likeness (QED) is 0.820. The van der Waals surface area contributed by atoms with Crippen LogP contribution in [0.4, 0.5) is 8.78 Å². The molecule has 0 aliphatic rings. The molecule has 1 rings (SSSR count). The molecule has 0 amide bonds. The fourth-order valence-electron chi connectivity index (χ4n) is 1.54. The molecule has 0 aliphatic heterocycles. The van der Waals surface area contributed by atoms with Crippen molar-refractivity contribution < 1.29 is 18.7 Å². The molecule has 0 atom stereocenters. The van der Waals surface area contributed by atoms with Crippen molar-refractivity contribution in [1.82, 2.24) is 4.98 Å². The summed E-state index contributed by atoms with van der Waals surface area (Å²) in [6, 6.07) is 0. The summed E-state index contributed by atoms with van der Waals surface area (Å²) in [5, 5.41) is 8.67. The van der Waals surface area contributed by atoms with Gasteiger partial charge < -0.3 is 10.8 Å². The highest BCUT2D eigenvalue weighted by molar-refractivity contribution is 5.71. The van der Waals surface area contributed by atoms with Gasteiger partial charge in [0.25, 0.3) is 6.43 Å². The van der Waals surface area contributed by atoms with Gasteiger partial charge >= 0.3 is 5.97 Å². The zero-order valence-electron chi connectivity index (χ0n) is 8.70. The first-order valence-corrected chi connectivity index (χ1v) is 4.64. The van der Waals surface area contributed by atoms with Crippen molar-refractivity contribution in [2.24, 2.45) is 5.73 Å². The summed E-state index contributed by atoms with van der Waals surface area (Å²) in [6.07, 6.45) is -1.99. The second-order valence-corrected chi connectivity index (χ2v) is 3.36. The van der Waals surface area contributed by atoms with Crippen LogP contribution in [0.2, 0.25) is 0 Å². The molecule has 1 heterocycles. The van der Waals surface area contributed by atoms with Gasteiger partial charge in [0.05, 0.1) is 6.42 Å². The van der Waals surface area contributed by atoms with Crippen LogP contribution in [0.15, 0.2) is 6.20 Å². The Morgan fingerprint density at radius 3 is 2.62 bits per heavy atom. The van der Waals surface area contributed by atoms with Gasteiger partial charge in [-0.15, -0.1) is 0 Å². The van der Waals surface area contributed by atoms with Crippen molar-refractivity contribution in [3.05, 3.63) is 28.6 Å². The second-order valence-electron chi connectivity index (χ2n) is 3.36. The van der Waals surface area contributed by atoms with Crippen molar-refractivity contribution in [2.45, 2.75) is 26.3 Å². The molecule has 0 bridgehead atoms. The van der Waals surface area contributed by atoms with Crippen molar-refractivity contribution in [3.63, 3.8) is 0 Å². The molecule has 88 valence electrons. The van der Waals surface area contributed by atoms with E-state index in [1.54, 1.807) is 6.92 Å². The molecule has 0 aromatic carbocycles. The van der Waals surface area contributed by atoms with E-state index < -0.39 is 24.5 Å². The minimum absolute atomic E-state index is 0.0245. The van der Waals surface area contributed by atoms with Gasteiger partial charge in [-0.05, 0) is 23.6 Å². The van der Waals surface area contributed by atoms with Crippen molar-refractivity contribution in [2.75, 3.05) is 0 Å². The van der Waals surface area contributed by atoms with Gasteiger partial charge in [0, 0.05) is 12.7 Å². The fraction of sp³-hybridized carbons (Fsp3) is 0.400. The number of carbonyl (C=O) groups is 1. The molecule has 1 aromatic rings. The van der Waals surface area contributed by atoms with Crippen LogP contribution >= 0.6 is 0 Å². The number of pyridine rings is 1. The SMILES string of the molecule is Cc1cnc(C(F)F)c(CC(=O)O)c1CN. The zero-order valence-corrected chi connectivity index (χ0v) is 8.70. The first-order valence-electron chi connectivity index (χ1n) is 4.64. The number of nitrogens with two attached hydrogens (primary N) is 1. The van der Waals surface area contributed by atoms with Crippen molar-refractivity contribution in [1.29, 1.82) is 0 Å². The van der Waals surface area contributed by atoms with Gasteiger partial charge in [-0.25, -0.2) is 8.78 Å². The lowest BCUT2D eigenvalue weighted by atomic mass is 9.99. The minimum Gasteiger partial charge on any atom is -0.481 e. The summed E-state index contributed by atoms with van der Waals surface area (Å²) in [7, 11) is 0. The summed E-state index contributed by atoms with van der Waals surface area (Å²) in [6.45, 7) is 1.69. The number of aryl methyl sites for hydroxylation is 1. The molecule has 0 spiro atoms. The molecule has 0 saturated carbocycles. The first kappa shape index (κ1) is 12.5. The highest BCUT2D eigenvalue weighted by atomic mass is 19.3. The number of hydrogen-bond donors (Lipinski definition) is 2. The van der Waals surface area contributed by atoms with Gasteiger partial charge in [0.2, 0.25) is 0 Å². The molecule has 0 radical (unpaired) electrons. The van der Waals surface area contributed by atoms with Crippen LogP contribution in [0.25, 0.3) is 0 Å². The molecule has 0 saturated heterocycles. The summed E-state index contributed by atoms with van der Waals surface area (Å²) in [4.78, 5) is 14.2. The minimum atomic E-state index is -2.79. The van der Waals surface area contributed by atoms with Crippen LogP contribution in [0.1, 0.15) is 28.8 Å². The third-order valence-electron chi connectivity index (χ3n) is 2.29. The van der Waals surface area contributed by atoms with Gasteiger partial charge in [-0.2, -0.15) is 0 Å². The van der Waals surface area contributed by atoms with Crippen molar-refractivity contribution >= 4 is 5.97 Å². The number of halogens is 2. The van der Waals surface area contributed by atoms with Crippen LogP contribution in [0, 0.1) is 6.92 Å². The van der Waals surface area contributed by atoms with E-state index in [0.29, 0.717) is 11.1 Å². The fourth-order valence-corrected chi connectivity index (χ4v) is 1.54. The molecule has 0 fully saturated rings. The van der Waals surface area contributed by atoms with E-state index in [9.17, 15) is 13.6 Å². The predicted molar refractivity (Wildman–Crippen MR) is 53.2 cm³/mol. The Labute approximate surface area is 91.1 Å². The normalized spacial score (nSPS) is 10.8. The number of alkyl halides is 2. The van der Waals surface area contributed by atoms with Gasteiger partial charge in [0.15, 0.2) is 0 Å². The Morgan fingerprint density at radius 1 is 1.56 bits per heavy atom. The Balaban J connectivity index is 3.34. The van der Waals surface area contributed by atoms with Crippen molar-refractivity contribution in [3.8, 4) is 0 Å². The first-order chi connectivity index (χ1) is 7.47. The van der Waals surface area contributed by atoms with Gasteiger partial charge in [0.1, 0.15) is 5.69 Å². The highest BCUT2D eigenvalue weighted by Gasteiger charge is 2.20. The lowest BCUT2D eigenvalue weighted by Crippen LogP contribution is -2.13. The predicted octanol–water partition coefficient (Wildman–Crippen LogP) is 1.41. The van der Waals surface area contributed by atoms with Gasteiger partial charge in [-0.3, -0.25) is 9.78 Å². The van der Waals surface area contributed by atoms with E-state index in [0.717, 1.165) is 0 Å². The highest BCUT2D eigenvalue weighted by Crippen LogP contribution is 2.25. The van der Waals surface area contributed by atoms with E-state index in [-0.39, 0.29) is 12.1 Å². The summed E-state index contributed by atoms with van der Waals surface area (Å²) < 4.78 is 25.3. The smallest absolute Gasteiger partial charge is 0.307 e. The van der Waals surface area contributed by atoms with Crippen LogP contribution in [0.5, 0.6) is 0 Å². The van der Waals surface area contributed by atoms with E-state index in [4.69, 9.17) is 10.8 Å². The number of carboxylic acid groups (broad SMARTS) is 1. The van der Waals surface area contributed by atoms with E-state index in [1.165, 1.54) is 6.20 Å². The van der Waals surface area contributed by atoms with Crippen LogP contribution in [-0.4, -0.2) is 16.1 Å². The lowest BCUT2D eigenvalue weighted by molar-refractivity contribution is -0.136. The Morgan fingerprint density at radius 2 is 2.19 bits per heavy atom. The number of hydrogen-bond acceptors (Lipinski definition) is 3. The number of aliphatic carboxylic acids is 1. The molecular weight excluding hydrogens is 218 g/mol. The van der Waals surface area contributed by atoms with Crippen LogP contribution in [0.3, 0.4) is 0 Å². The maximum absolute atomic E-state index is 12.6. The molecule has 0 aliphatic carbocycles. The molecule has 3 N–H and O–H groups in total. The molecule has 4 nitrogen and oxygen atoms in total. The largest absolute Gasteiger partial charge is 0.481 e. The molecule has 0 unspecified atom stereocenters. The molecule has 6 heteroatoms. The summed E-state index contributed by atoms with van der Waals surface area (Å²) >= 11 is 0. The molecule has 16 heavy (non-hydrogen) atoms. The standard InChI is InChI=1S/C10H12F2N2O2/c1-5-4-14-9(10(11)12)6(2-8(15)16)7(5)3-13/h4,10H,2-3,13H2,1H3,(H,15,16). The Kier molecular flexibility index (Phi) is 3.89. The monoisotopic (exact) mass is 230 g/mol. The number of rotatable bonds is 4. The average Bonchev–Trinajstić information content (AvgIpc) is 2.16. The summed E-state index contributed by atoms with van der Waals surface area (Å²) in [5.41, 5.74) is 6.04. The third kappa shape index (κ3) is 2.52. The number of nitrogens with zero attached hydrogens (tertiary/aromatic N) is 1. The maximum atomic E-state index is 12.6. The van der Waals surface area contributed by atoms with E-state index in [2.05, 4.69) is 4.98 Å². The van der Waals surface area contributed by atoms with Crippen LogP contribution < -0.4 is 5.73 Å². The lowest BCUT2D eigenvalue weighted by Gasteiger charge is -2.13. The van der Waals surface area contributed by atoms with Crippen LogP contribution in [-0.2, 0) is 17.8 Å². The van der Waals surface area contributed by atoms with Gasteiger partial charge in [-0.1, -0.05) is 0 Å². The third-order valence-corrected chi connectivity index (χ3v) is 2.29. The number of aromatic nitrogens is 1. The van der Waals surface area contributed by atoms with E-state index in [1.807, 2.05) is 0 Å². The maximum Gasteiger partial charge on any atom is 0.307 e. The topological polar surface area (TPSA) is 76.2 Å². The summed E-state index contributed by atoms with van der Waals surface area (Å²) in [5.74, 6) is -1.18. The average molecular weight is 230 g/mol. The molecule has 1 aromatic heterocycles. The Hall–Kier alpha value is -1.56. The zero-order chi connectivity index (χ0) is 12.3. The Bertz CT molecular complexity index is 408. The number of carboxylic acids is 1. The molecular formula is C10H12F2N2O2.